The van der Waals surface area contributed by atoms with Crippen LogP contribution >= 0.6 is 23.2 Å². The number of carbonyl (C=O) groups excluding carboxylic acids is 1. The summed E-state index contributed by atoms with van der Waals surface area (Å²) >= 11 is 12.1. The van der Waals surface area contributed by atoms with Crippen LogP contribution in [0.25, 0.3) is 0 Å². The van der Waals surface area contributed by atoms with Crippen LogP contribution in [0.3, 0.4) is 0 Å². The number of hydrogen-bond acceptors (Lipinski definition) is 2. The lowest BCUT2D eigenvalue weighted by Crippen LogP contribution is -2.48. The zero-order valence-corrected chi connectivity index (χ0v) is 17.5. The highest BCUT2D eigenvalue weighted by Crippen LogP contribution is 2.44. The molecule has 3 aromatic carbocycles. The van der Waals surface area contributed by atoms with Gasteiger partial charge in [0.05, 0.1) is 6.04 Å². The van der Waals surface area contributed by atoms with Gasteiger partial charge in [0.2, 0.25) is 0 Å². The van der Waals surface area contributed by atoms with Crippen molar-refractivity contribution in [3.8, 4) is 0 Å². The van der Waals surface area contributed by atoms with Gasteiger partial charge in [0.15, 0.2) is 5.72 Å². The minimum atomic E-state index is -1.57. The number of anilines is 2. The Morgan fingerprint density at radius 3 is 2.00 bits per heavy atom. The summed E-state index contributed by atoms with van der Waals surface area (Å²) in [5, 5.41) is 13.1. The first-order valence-electron chi connectivity index (χ1n) is 9.26. The van der Waals surface area contributed by atoms with Crippen molar-refractivity contribution in [2.75, 3.05) is 9.80 Å². The normalized spacial score (nSPS) is 21.7. The molecule has 4 nitrogen and oxygen atoms in total. The molecule has 0 radical (unpaired) electrons. The smallest absolute Gasteiger partial charge is 0.332 e. The van der Waals surface area contributed by atoms with Crippen LogP contribution in [0.5, 0.6) is 0 Å². The maximum absolute atomic E-state index is 13.6. The van der Waals surface area contributed by atoms with Gasteiger partial charge in [-0.05, 0) is 62.4 Å². The van der Waals surface area contributed by atoms with E-state index in [0.717, 1.165) is 5.56 Å². The van der Waals surface area contributed by atoms with Crippen LogP contribution in [0.15, 0.2) is 72.8 Å². The molecule has 0 spiro atoms. The van der Waals surface area contributed by atoms with Crippen molar-refractivity contribution >= 4 is 40.6 Å². The summed E-state index contributed by atoms with van der Waals surface area (Å²) in [6.07, 6.45) is 0. The van der Waals surface area contributed by atoms with E-state index in [1.165, 1.54) is 4.90 Å². The molecule has 1 aliphatic rings. The number of rotatable bonds is 3. The number of aliphatic hydroxyl groups is 1. The fourth-order valence-corrected chi connectivity index (χ4v) is 4.12. The number of carbonyl (C=O) groups is 1. The van der Waals surface area contributed by atoms with E-state index < -0.39 is 11.8 Å². The van der Waals surface area contributed by atoms with E-state index in [2.05, 4.69) is 0 Å². The van der Waals surface area contributed by atoms with Crippen LogP contribution in [-0.2, 0) is 5.72 Å². The van der Waals surface area contributed by atoms with Gasteiger partial charge in [0.25, 0.3) is 0 Å². The zero-order valence-electron chi connectivity index (χ0n) is 16.0. The lowest BCUT2D eigenvalue weighted by molar-refractivity contribution is 0.0371. The van der Waals surface area contributed by atoms with E-state index in [1.807, 2.05) is 38.1 Å². The summed E-state index contributed by atoms with van der Waals surface area (Å²) in [5.74, 6) is 0. The number of halogens is 2. The third kappa shape index (κ3) is 3.27. The molecule has 4 rings (SSSR count). The average Bonchev–Trinajstić information content (AvgIpc) is 2.90. The highest BCUT2D eigenvalue weighted by atomic mass is 35.5. The largest absolute Gasteiger partial charge is 0.365 e. The molecule has 0 bridgehead atoms. The molecular formula is C23H20Cl2N2O2. The molecule has 3 aromatic rings. The Morgan fingerprint density at radius 1 is 0.897 bits per heavy atom. The van der Waals surface area contributed by atoms with Crippen LogP contribution in [-0.4, -0.2) is 17.2 Å². The molecule has 0 aromatic heterocycles. The van der Waals surface area contributed by atoms with Crippen molar-refractivity contribution < 1.29 is 9.90 Å². The number of urea groups is 1. The first-order chi connectivity index (χ1) is 13.8. The molecule has 2 amide bonds. The second kappa shape index (κ2) is 7.38. The number of hydrogen-bond donors (Lipinski definition) is 1. The summed E-state index contributed by atoms with van der Waals surface area (Å²) in [6, 6.07) is 20.6. The maximum atomic E-state index is 13.6. The highest BCUT2D eigenvalue weighted by molar-refractivity contribution is 6.31. The summed E-state index contributed by atoms with van der Waals surface area (Å²) in [5.41, 5.74) is 1.29. The molecule has 2 atom stereocenters. The Balaban J connectivity index is 1.90. The molecule has 1 aliphatic heterocycles. The molecule has 0 saturated carbocycles. The summed E-state index contributed by atoms with van der Waals surface area (Å²) in [4.78, 5) is 16.6. The lowest BCUT2D eigenvalue weighted by Gasteiger charge is -2.36. The Morgan fingerprint density at radius 2 is 1.45 bits per heavy atom. The first kappa shape index (κ1) is 19.8. The first-order valence-corrected chi connectivity index (χ1v) is 10.0. The van der Waals surface area contributed by atoms with E-state index in [4.69, 9.17) is 23.2 Å². The fourth-order valence-electron chi connectivity index (χ4n) is 3.86. The number of nitrogens with zero attached hydrogens (tertiary/aromatic N) is 2. The molecule has 1 unspecified atom stereocenters. The number of benzene rings is 3. The predicted molar refractivity (Wildman–Crippen MR) is 118 cm³/mol. The standard InChI is InChI=1S/C23H20Cl2N2O2/c1-15-4-3-5-17(14-15)23(29)16(2)26(20-10-6-18(24)7-11-20)22(28)27(23)21-12-8-19(25)9-13-21/h3-14,16,29H,1-2H3/t16-,23?/m1/s1. The van der Waals surface area contributed by atoms with Crippen molar-refractivity contribution in [2.24, 2.45) is 0 Å². The van der Waals surface area contributed by atoms with Gasteiger partial charge >= 0.3 is 6.03 Å². The second-order valence-electron chi connectivity index (χ2n) is 7.21. The molecule has 6 heteroatoms. The van der Waals surface area contributed by atoms with Gasteiger partial charge < -0.3 is 5.11 Å². The SMILES string of the molecule is Cc1cccc(C2(O)[C@@H](C)N(c3ccc(Cl)cc3)C(=O)N2c2ccc(Cl)cc2)c1. The molecule has 1 heterocycles. The molecule has 1 N–H and O–H groups in total. The fraction of sp³-hybridized carbons (Fsp3) is 0.174. The maximum Gasteiger partial charge on any atom is 0.332 e. The van der Waals surface area contributed by atoms with Gasteiger partial charge in [-0.15, -0.1) is 0 Å². The van der Waals surface area contributed by atoms with Crippen molar-refractivity contribution in [3.63, 3.8) is 0 Å². The van der Waals surface area contributed by atoms with Gasteiger partial charge in [0, 0.05) is 27.0 Å². The number of amides is 2. The molecular weight excluding hydrogens is 407 g/mol. The molecule has 29 heavy (non-hydrogen) atoms. The van der Waals surface area contributed by atoms with E-state index in [0.29, 0.717) is 27.0 Å². The monoisotopic (exact) mass is 426 g/mol. The number of aryl methyl sites for hydroxylation is 1. The van der Waals surface area contributed by atoms with Crippen LogP contribution < -0.4 is 9.80 Å². The molecule has 1 saturated heterocycles. The Hall–Kier alpha value is -2.53. The lowest BCUT2D eigenvalue weighted by atomic mass is 9.93. The van der Waals surface area contributed by atoms with E-state index in [9.17, 15) is 9.90 Å². The van der Waals surface area contributed by atoms with Gasteiger partial charge in [0.1, 0.15) is 0 Å². The van der Waals surface area contributed by atoms with E-state index >= 15 is 0 Å². The minimum Gasteiger partial charge on any atom is -0.365 e. The van der Waals surface area contributed by atoms with Crippen LogP contribution in [0.4, 0.5) is 16.2 Å². The van der Waals surface area contributed by atoms with E-state index in [-0.39, 0.29) is 6.03 Å². The molecule has 148 valence electrons. The summed E-state index contributed by atoms with van der Waals surface area (Å²) in [6.45, 7) is 3.79. The van der Waals surface area contributed by atoms with Crippen molar-refractivity contribution in [3.05, 3.63) is 94.0 Å². The van der Waals surface area contributed by atoms with E-state index in [1.54, 1.807) is 53.4 Å². The summed E-state index contributed by atoms with van der Waals surface area (Å²) < 4.78 is 0. The van der Waals surface area contributed by atoms with Crippen molar-refractivity contribution in [2.45, 2.75) is 25.6 Å². The highest BCUT2D eigenvalue weighted by Gasteiger charge is 2.56. The molecule has 1 fully saturated rings. The van der Waals surface area contributed by atoms with Gasteiger partial charge in [-0.1, -0.05) is 53.0 Å². The Labute approximate surface area is 179 Å². The Bertz CT molecular complexity index is 1050. The zero-order chi connectivity index (χ0) is 20.8. The van der Waals surface area contributed by atoms with Gasteiger partial charge in [-0.2, -0.15) is 0 Å². The third-order valence-corrected chi connectivity index (χ3v) is 5.84. The van der Waals surface area contributed by atoms with Crippen LogP contribution in [0.1, 0.15) is 18.1 Å². The quantitative estimate of drug-likeness (QED) is 0.559. The van der Waals surface area contributed by atoms with Crippen molar-refractivity contribution in [1.82, 2.24) is 0 Å². The van der Waals surface area contributed by atoms with Gasteiger partial charge in [-0.25, -0.2) is 4.79 Å². The Kier molecular flexibility index (Phi) is 5.03. The average molecular weight is 427 g/mol. The molecule has 0 aliphatic carbocycles. The van der Waals surface area contributed by atoms with Gasteiger partial charge in [-0.3, -0.25) is 9.80 Å². The second-order valence-corrected chi connectivity index (χ2v) is 8.09. The van der Waals surface area contributed by atoms with Crippen LogP contribution in [0.2, 0.25) is 10.0 Å². The van der Waals surface area contributed by atoms with Crippen molar-refractivity contribution in [1.29, 1.82) is 0 Å². The predicted octanol–water partition coefficient (Wildman–Crippen LogP) is 5.98. The summed E-state index contributed by atoms with van der Waals surface area (Å²) in [7, 11) is 0. The third-order valence-electron chi connectivity index (χ3n) is 5.34. The van der Waals surface area contributed by atoms with Crippen LogP contribution in [0, 0.1) is 6.92 Å². The minimum absolute atomic E-state index is 0.328. The topological polar surface area (TPSA) is 43.8 Å².